The van der Waals surface area contributed by atoms with Crippen LogP contribution in [0.3, 0.4) is 0 Å². The van der Waals surface area contributed by atoms with Crippen LogP contribution in [-0.2, 0) is 6.42 Å². The minimum absolute atomic E-state index is 0.0583. The maximum atomic E-state index is 12.7. The van der Waals surface area contributed by atoms with E-state index in [1.807, 2.05) is 49.4 Å². The molecule has 134 valence electrons. The summed E-state index contributed by atoms with van der Waals surface area (Å²) in [6, 6.07) is 17.8. The molecule has 3 rings (SSSR count). The van der Waals surface area contributed by atoms with Crippen molar-refractivity contribution in [3.8, 4) is 17.0 Å². The first kappa shape index (κ1) is 18.1. The SMILES string of the molecule is COc1cccc(-c2nnsc2C(=O)NC(C)CCc2ccccc2)c1. The molecular weight excluding hydrogens is 346 g/mol. The topological polar surface area (TPSA) is 64.1 Å². The Balaban J connectivity index is 1.66. The van der Waals surface area contributed by atoms with E-state index < -0.39 is 0 Å². The summed E-state index contributed by atoms with van der Waals surface area (Å²) in [6.07, 6.45) is 1.79. The molecule has 26 heavy (non-hydrogen) atoms. The molecule has 0 saturated heterocycles. The van der Waals surface area contributed by atoms with Gasteiger partial charge in [-0.3, -0.25) is 4.79 Å². The fraction of sp³-hybridized carbons (Fsp3) is 0.250. The third-order valence-corrected chi connectivity index (χ3v) is 4.85. The molecule has 0 saturated carbocycles. The average molecular weight is 367 g/mol. The van der Waals surface area contributed by atoms with E-state index in [1.54, 1.807) is 7.11 Å². The predicted octanol–water partition coefficient (Wildman–Crippen LogP) is 3.96. The summed E-state index contributed by atoms with van der Waals surface area (Å²) in [5.41, 5.74) is 2.67. The maximum Gasteiger partial charge on any atom is 0.265 e. The van der Waals surface area contributed by atoms with Crippen molar-refractivity contribution in [3.05, 3.63) is 65.0 Å². The predicted molar refractivity (Wildman–Crippen MR) is 104 cm³/mol. The zero-order valence-electron chi connectivity index (χ0n) is 14.8. The van der Waals surface area contributed by atoms with Crippen molar-refractivity contribution in [3.63, 3.8) is 0 Å². The molecule has 5 nitrogen and oxygen atoms in total. The smallest absolute Gasteiger partial charge is 0.265 e. The third-order valence-electron chi connectivity index (χ3n) is 4.12. The second-order valence-corrected chi connectivity index (χ2v) is 6.84. The van der Waals surface area contributed by atoms with Crippen LogP contribution in [0, 0.1) is 0 Å². The number of ether oxygens (including phenoxy) is 1. The van der Waals surface area contributed by atoms with Gasteiger partial charge in [-0.05, 0) is 49.0 Å². The van der Waals surface area contributed by atoms with Crippen LogP contribution in [0.15, 0.2) is 54.6 Å². The van der Waals surface area contributed by atoms with Gasteiger partial charge in [0.2, 0.25) is 0 Å². The largest absolute Gasteiger partial charge is 0.497 e. The Kier molecular flexibility index (Phi) is 5.96. The summed E-state index contributed by atoms with van der Waals surface area (Å²) >= 11 is 1.11. The summed E-state index contributed by atoms with van der Waals surface area (Å²) in [5, 5.41) is 7.19. The van der Waals surface area contributed by atoms with Gasteiger partial charge in [-0.25, -0.2) is 0 Å². The standard InChI is InChI=1S/C20H21N3O2S/c1-14(11-12-15-7-4-3-5-8-15)21-20(24)19-18(22-23-26-19)16-9-6-10-17(13-16)25-2/h3-10,13-14H,11-12H2,1-2H3,(H,21,24). The molecule has 0 radical (unpaired) electrons. The Bertz CT molecular complexity index is 864. The molecule has 6 heteroatoms. The lowest BCUT2D eigenvalue weighted by Crippen LogP contribution is -2.32. The van der Waals surface area contributed by atoms with Crippen molar-refractivity contribution >= 4 is 17.4 Å². The fourth-order valence-electron chi connectivity index (χ4n) is 2.69. The normalized spacial score (nSPS) is 11.8. The number of aryl methyl sites for hydroxylation is 1. The highest BCUT2D eigenvalue weighted by atomic mass is 32.1. The molecule has 1 unspecified atom stereocenters. The quantitative estimate of drug-likeness (QED) is 0.686. The molecular formula is C20H21N3O2S. The number of nitrogens with zero attached hydrogens (tertiary/aromatic N) is 2. The highest BCUT2D eigenvalue weighted by Crippen LogP contribution is 2.27. The highest BCUT2D eigenvalue weighted by molar-refractivity contribution is 7.08. The van der Waals surface area contributed by atoms with Gasteiger partial charge in [0.05, 0.1) is 7.11 Å². The molecule has 0 bridgehead atoms. The molecule has 1 atom stereocenters. The molecule has 0 fully saturated rings. The van der Waals surface area contributed by atoms with E-state index in [0.29, 0.717) is 10.6 Å². The number of amides is 1. The van der Waals surface area contributed by atoms with Gasteiger partial charge in [0.25, 0.3) is 5.91 Å². The van der Waals surface area contributed by atoms with Gasteiger partial charge in [0.15, 0.2) is 0 Å². The lowest BCUT2D eigenvalue weighted by Gasteiger charge is -2.13. The molecule has 0 spiro atoms. The van der Waals surface area contributed by atoms with Gasteiger partial charge in [0.1, 0.15) is 16.3 Å². The number of carbonyl (C=O) groups is 1. The molecule has 1 heterocycles. The van der Waals surface area contributed by atoms with Gasteiger partial charge in [-0.15, -0.1) is 5.10 Å². The lowest BCUT2D eigenvalue weighted by molar-refractivity contribution is 0.0943. The van der Waals surface area contributed by atoms with E-state index in [4.69, 9.17) is 4.74 Å². The van der Waals surface area contributed by atoms with E-state index >= 15 is 0 Å². The Morgan fingerprint density at radius 3 is 2.77 bits per heavy atom. The summed E-state index contributed by atoms with van der Waals surface area (Å²) in [7, 11) is 1.61. The van der Waals surface area contributed by atoms with Crippen LogP contribution in [0.2, 0.25) is 0 Å². The third kappa shape index (κ3) is 4.46. The van der Waals surface area contributed by atoms with Gasteiger partial charge < -0.3 is 10.1 Å². The lowest BCUT2D eigenvalue weighted by atomic mass is 10.1. The van der Waals surface area contributed by atoms with E-state index in [-0.39, 0.29) is 11.9 Å². The average Bonchev–Trinajstić information content (AvgIpc) is 3.17. The molecule has 0 aliphatic heterocycles. The van der Waals surface area contributed by atoms with Crippen LogP contribution in [0.4, 0.5) is 0 Å². The minimum Gasteiger partial charge on any atom is -0.497 e. The molecule has 3 aromatic rings. The fourth-order valence-corrected chi connectivity index (χ4v) is 3.28. The molecule has 0 aliphatic carbocycles. The number of aromatic nitrogens is 2. The number of benzene rings is 2. The summed E-state index contributed by atoms with van der Waals surface area (Å²) < 4.78 is 9.21. The van der Waals surface area contributed by atoms with Crippen molar-refractivity contribution in [2.75, 3.05) is 7.11 Å². The molecule has 1 N–H and O–H groups in total. The van der Waals surface area contributed by atoms with E-state index in [2.05, 4.69) is 27.0 Å². The molecule has 2 aromatic carbocycles. The summed E-state index contributed by atoms with van der Waals surface area (Å²) in [6.45, 7) is 2.01. The van der Waals surface area contributed by atoms with E-state index in [0.717, 1.165) is 35.7 Å². The molecule has 1 aromatic heterocycles. The number of carbonyl (C=O) groups excluding carboxylic acids is 1. The molecule has 1 amide bonds. The van der Waals surface area contributed by atoms with Crippen LogP contribution in [-0.4, -0.2) is 28.6 Å². The van der Waals surface area contributed by atoms with Crippen LogP contribution >= 0.6 is 11.5 Å². The number of hydrogen-bond donors (Lipinski definition) is 1. The number of methoxy groups -OCH3 is 1. The summed E-state index contributed by atoms with van der Waals surface area (Å²) in [4.78, 5) is 13.2. The van der Waals surface area contributed by atoms with Crippen molar-refractivity contribution < 1.29 is 9.53 Å². The Morgan fingerprint density at radius 2 is 2.00 bits per heavy atom. The van der Waals surface area contributed by atoms with Crippen LogP contribution in [0.1, 0.15) is 28.6 Å². The summed E-state index contributed by atoms with van der Waals surface area (Å²) in [5.74, 6) is 0.580. The van der Waals surface area contributed by atoms with Gasteiger partial charge in [-0.2, -0.15) is 0 Å². The molecule has 0 aliphatic rings. The van der Waals surface area contributed by atoms with E-state index in [9.17, 15) is 4.79 Å². The number of nitrogens with one attached hydrogen (secondary N) is 1. The Labute approximate surface area is 157 Å². The second-order valence-electron chi connectivity index (χ2n) is 6.08. The van der Waals surface area contributed by atoms with Crippen molar-refractivity contribution in [2.45, 2.75) is 25.8 Å². The first-order valence-electron chi connectivity index (χ1n) is 8.49. The van der Waals surface area contributed by atoms with Crippen molar-refractivity contribution in [1.29, 1.82) is 0 Å². The number of rotatable bonds is 7. The van der Waals surface area contributed by atoms with Gasteiger partial charge >= 0.3 is 0 Å². The van der Waals surface area contributed by atoms with E-state index in [1.165, 1.54) is 5.56 Å². The monoisotopic (exact) mass is 367 g/mol. The Morgan fingerprint density at radius 1 is 1.19 bits per heavy atom. The number of hydrogen-bond acceptors (Lipinski definition) is 5. The maximum absolute atomic E-state index is 12.7. The first-order chi connectivity index (χ1) is 12.7. The van der Waals surface area contributed by atoms with Crippen LogP contribution < -0.4 is 10.1 Å². The van der Waals surface area contributed by atoms with Crippen LogP contribution in [0.5, 0.6) is 5.75 Å². The Hall–Kier alpha value is -2.73. The van der Waals surface area contributed by atoms with Crippen molar-refractivity contribution in [1.82, 2.24) is 14.9 Å². The van der Waals surface area contributed by atoms with Gasteiger partial charge in [0, 0.05) is 11.6 Å². The minimum atomic E-state index is -0.140. The first-order valence-corrected chi connectivity index (χ1v) is 9.26. The van der Waals surface area contributed by atoms with Crippen LogP contribution in [0.25, 0.3) is 11.3 Å². The second kappa shape index (κ2) is 8.58. The zero-order valence-corrected chi connectivity index (χ0v) is 15.6. The zero-order chi connectivity index (χ0) is 18.4. The van der Waals surface area contributed by atoms with Crippen molar-refractivity contribution in [2.24, 2.45) is 0 Å². The van der Waals surface area contributed by atoms with Gasteiger partial charge in [-0.1, -0.05) is 47.0 Å². The highest BCUT2D eigenvalue weighted by Gasteiger charge is 2.19.